The lowest BCUT2D eigenvalue weighted by atomic mass is 10.0. The first-order chi connectivity index (χ1) is 8.71. The highest BCUT2D eigenvalue weighted by Gasteiger charge is 2.39. The molecule has 1 aliphatic rings. The summed E-state index contributed by atoms with van der Waals surface area (Å²) >= 11 is 0. The van der Waals surface area contributed by atoms with Gasteiger partial charge in [-0.2, -0.15) is 0 Å². The number of amides is 1. The Morgan fingerprint density at radius 3 is 2.53 bits per heavy atom. The summed E-state index contributed by atoms with van der Waals surface area (Å²) in [6, 6.07) is 5.93. The standard InChI is InChI=1S/C15H23NO2Si/c1-15(2,3)19(4,5)18-13-8-6-7-12-11(13)9-10-14(17)16-12/h6-8H,9-10H2,1-5H3,(H,16,17). The van der Waals surface area contributed by atoms with Gasteiger partial charge in [0.25, 0.3) is 0 Å². The Kier molecular flexibility index (Phi) is 3.47. The number of rotatable bonds is 2. The third-order valence-electron chi connectivity index (χ3n) is 4.18. The van der Waals surface area contributed by atoms with Crippen molar-refractivity contribution in [1.82, 2.24) is 0 Å². The van der Waals surface area contributed by atoms with Gasteiger partial charge in [-0.25, -0.2) is 0 Å². The molecule has 3 nitrogen and oxygen atoms in total. The van der Waals surface area contributed by atoms with E-state index in [-0.39, 0.29) is 10.9 Å². The topological polar surface area (TPSA) is 38.3 Å². The van der Waals surface area contributed by atoms with E-state index in [1.807, 2.05) is 18.2 Å². The number of nitrogens with one attached hydrogen (secondary N) is 1. The van der Waals surface area contributed by atoms with Crippen molar-refractivity contribution in [3.8, 4) is 5.75 Å². The summed E-state index contributed by atoms with van der Waals surface area (Å²) in [5.41, 5.74) is 2.05. The molecule has 4 heteroatoms. The molecule has 1 aromatic rings. The zero-order valence-corrected chi connectivity index (χ0v) is 13.5. The summed E-state index contributed by atoms with van der Waals surface area (Å²) < 4.78 is 6.39. The number of carbonyl (C=O) groups excluding carboxylic acids is 1. The molecule has 104 valence electrons. The first kappa shape index (κ1) is 14.1. The van der Waals surface area contributed by atoms with Crippen LogP contribution in [0.3, 0.4) is 0 Å². The van der Waals surface area contributed by atoms with Crippen LogP contribution >= 0.6 is 0 Å². The molecule has 1 N–H and O–H groups in total. The lowest BCUT2D eigenvalue weighted by molar-refractivity contribution is -0.116. The Labute approximate surface area is 116 Å². The van der Waals surface area contributed by atoms with Crippen molar-refractivity contribution in [2.24, 2.45) is 0 Å². The normalized spacial score (nSPS) is 15.7. The van der Waals surface area contributed by atoms with Crippen LogP contribution in [0.2, 0.25) is 18.1 Å². The zero-order chi connectivity index (χ0) is 14.3. The number of benzene rings is 1. The van der Waals surface area contributed by atoms with Gasteiger partial charge in [-0.3, -0.25) is 4.79 Å². The summed E-state index contributed by atoms with van der Waals surface area (Å²) in [5.74, 6) is 1.04. The molecule has 0 saturated carbocycles. The number of hydrogen-bond donors (Lipinski definition) is 1. The molecule has 0 aromatic heterocycles. The molecular formula is C15H23NO2Si. The third kappa shape index (κ3) is 2.83. The van der Waals surface area contributed by atoms with Gasteiger partial charge in [0, 0.05) is 17.7 Å². The summed E-state index contributed by atoms with van der Waals surface area (Å²) in [7, 11) is -1.83. The van der Waals surface area contributed by atoms with Crippen LogP contribution in [-0.2, 0) is 11.2 Å². The van der Waals surface area contributed by atoms with Crippen LogP contribution in [-0.4, -0.2) is 14.2 Å². The van der Waals surface area contributed by atoms with E-state index < -0.39 is 8.32 Å². The molecule has 0 unspecified atom stereocenters. The highest BCUT2D eigenvalue weighted by Crippen LogP contribution is 2.40. The van der Waals surface area contributed by atoms with Gasteiger partial charge in [-0.05, 0) is 36.7 Å². The van der Waals surface area contributed by atoms with Crippen molar-refractivity contribution in [2.75, 3.05) is 5.32 Å². The molecule has 0 saturated heterocycles. The molecule has 1 amide bonds. The minimum Gasteiger partial charge on any atom is -0.543 e. The van der Waals surface area contributed by atoms with Gasteiger partial charge >= 0.3 is 0 Å². The Hall–Kier alpha value is -1.29. The molecule has 0 atom stereocenters. The van der Waals surface area contributed by atoms with Gasteiger partial charge in [-0.1, -0.05) is 26.8 Å². The second kappa shape index (κ2) is 4.67. The van der Waals surface area contributed by atoms with Crippen molar-refractivity contribution in [3.63, 3.8) is 0 Å². The van der Waals surface area contributed by atoms with Crippen molar-refractivity contribution in [2.45, 2.75) is 51.7 Å². The van der Waals surface area contributed by atoms with E-state index in [0.29, 0.717) is 6.42 Å². The van der Waals surface area contributed by atoms with E-state index in [9.17, 15) is 4.79 Å². The predicted molar refractivity (Wildman–Crippen MR) is 81.2 cm³/mol. The summed E-state index contributed by atoms with van der Waals surface area (Å²) in [6.45, 7) is 11.2. The maximum atomic E-state index is 11.4. The van der Waals surface area contributed by atoms with Crippen LogP contribution in [0.4, 0.5) is 5.69 Å². The first-order valence-electron chi connectivity index (χ1n) is 6.81. The molecular weight excluding hydrogens is 254 g/mol. The summed E-state index contributed by atoms with van der Waals surface area (Å²) in [5, 5.41) is 3.10. The third-order valence-corrected chi connectivity index (χ3v) is 8.52. The molecule has 0 bridgehead atoms. The molecule has 19 heavy (non-hydrogen) atoms. The molecule has 0 spiro atoms. The maximum Gasteiger partial charge on any atom is 0.250 e. The fourth-order valence-electron chi connectivity index (χ4n) is 1.92. The van der Waals surface area contributed by atoms with Crippen LogP contribution in [0.15, 0.2) is 18.2 Å². The lowest BCUT2D eigenvalue weighted by Crippen LogP contribution is -2.44. The van der Waals surface area contributed by atoms with Gasteiger partial charge in [0.05, 0.1) is 0 Å². The molecule has 2 rings (SSSR count). The summed E-state index contributed by atoms with van der Waals surface area (Å²) in [4.78, 5) is 11.4. The zero-order valence-electron chi connectivity index (χ0n) is 12.5. The van der Waals surface area contributed by atoms with Crippen molar-refractivity contribution in [3.05, 3.63) is 23.8 Å². The fraction of sp³-hybridized carbons (Fsp3) is 0.533. The van der Waals surface area contributed by atoms with Gasteiger partial charge < -0.3 is 9.74 Å². The van der Waals surface area contributed by atoms with Crippen LogP contribution in [0, 0.1) is 0 Å². The van der Waals surface area contributed by atoms with Gasteiger partial charge in [0.1, 0.15) is 5.75 Å². The van der Waals surface area contributed by atoms with Gasteiger partial charge in [0.15, 0.2) is 0 Å². The van der Waals surface area contributed by atoms with E-state index >= 15 is 0 Å². The van der Waals surface area contributed by atoms with Crippen LogP contribution < -0.4 is 9.74 Å². The van der Waals surface area contributed by atoms with Crippen molar-refractivity contribution < 1.29 is 9.22 Å². The number of anilines is 1. The molecule has 1 aromatic carbocycles. The van der Waals surface area contributed by atoms with Gasteiger partial charge in [0.2, 0.25) is 14.2 Å². The highest BCUT2D eigenvalue weighted by atomic mass is 28.4. The molecule has 1 heterocycles. The molecule has 0 fully saturated rings. The SMILES string of the molecule is CC(C)(C)[Si](C)(C)Oc1cccc2c1CCC(=O)N2. The predicted octanol–water partition coefficient (Wildman–Crippen LogP) is 3.96. The van der Waals surface area contributed by atoms with Crippen LogP contribution in [0.25, 0.3) is 0 Å². The van der Waals surface area contributed by atoms with E-state index in [1.54, 1.807) is 0 Å². The van der Waals surface area contributed by atoms with Crippen molar-refractivity contribution in [1.29, 1.82) is 0 Å². The Morgan fingerprint density at radius 1 is 1.21 bits per heavy atom. The van der Waals surface area contributed by atoms with E-state index in [2.05, 4.69) is 39.2 Å². The molecule has 1 aliphatic heterocycles. The van der Waals surface area contributed by atoms with Crippen LogP contribution in [0.5, 0.6) is 5.75 Å². The minimum absolute atomic E-state index is 0.0944. The maximum absolute atomic E-state index is 11.4. The van der Waals surface area contributed by atoms with Crippen LogP contribution in [0.1, 0.15) is 32.8 Å². The largest absolute Gasteiger partial charge is 0.543 e. The number of fused-ring (bicyclic) bond motifs is 1. The monoisotopic (exact) mass is 277 g/mol. The average molecular weight is 277 g/mol. The Balaban J connectivity index is 2.32. The van der Waals surface area contributed by atoms with E-state index in [4.69, 9.17) is 4.43 Å². The number of carbonyl (C=O) groups is 1. The Morgan fingerprint density at radius 2 is 1.89 bits per heavy atom. The second-order valence-electron chi connectivity index (χ2n) is 6.69. The highest BCUT2D eigenvalue weighted by molar-refractivity contribution is 6.74. The quantitative estimate of drug-likeness (QED) is 0.831. The van der Waals surface area contributed by atoms with Gasteiger partial charge in [-0.15, -0.1) is 0 Å². The van der Waals surface area contributed by atoms with Crippen molar-refractivity contribution >= 4 is 19.9 Å². The van der Waals surface area contributed by atoms with E-state index in [1.165, 1.54) is 0 Å². The lowest BCUT2D eigenvalue weighted by Gasteiger charge is -2.37. The second-order valence-corrected chi connectivity index (χ2v) is 11.4. The first-order valence-corrected chi connectivity index (χ1v) is 9.72. The average Bonchev–Trinajstić information content (AvgIpc) is 2.26. The Bertz CT molecular complexity index is 503. The van der Waals surface area contributed by atoms with E-state index in [0.717, 1.165) is 23.4 Å². The summed E-state index contributed by atoms with van der Waals surface area (Å²) in [6.07, 6.45) is 1.32. The number of hydrogen-bond acceptors (Lipinski definition) is 2. The minimum atomic E-state index is -1.83. The fourth-order valence-corrected chi connectivity index (χ4v) is 2.96. The smallest absolute Gasteiger partial charge is 0.250 e. The molecule has 0 aliphatic carbocycles. The molecule has 0 radical (unpaired) electrons.